The van der Waals surface area contributed by atoms with E-state index in [0.29, 0.717) is 16.5 Å². The fourth-order valence-electron chi connectivity index (χ4n) is 3.34. The molecule has 0 saturated heterocycles. The van der Waals surface area contributed by atoms with Crippen LogP contribution in [0.4, 0.5) is 10.2 Å². The number of aromatic nitrogens is 2. The van der Waals surface area contributed by atoms with E-state index in [2.05, 4.69) is 19.2 Å². The lowest BCUT2D eigenvalue weighted by Crippen LogP contribution is -2.26. The minimum atomic E-state index is -0.241. The van der Waals surface area contributed by atoms with Gasteiger partial charge in [0.05, 0.1) is 10.9 Å². The van der Waals surface area contributed by atoms with Gasteiger partial charge in [-0.1, -0.05) is 17.7 Å². The van der Waals surface area contributed by atoms with Crippen LogP contribution >= 0.6 is 23.4 Å². The molecule has 1 saturated carbocycles. The molecule has 128 valence electrons. The number of nitrogens with zero attached hydrogens (tertiary/aromatic N) is 2. The Morgan fingerprint density at radius 2 is 2.12 bits per heavy atom. The maximum absolute atomic E-state index is 14.7. The Morgan fingerprint density at radius 3 is 2.79 bits per heavy atom. The Kier molecular flexibility index (Phi) is 3.84. The SMILES string of the molecule is Cn1nc(C2CC2)c2c1NCC(C)(C)SC2c1ccc(Cl)cc1F. The van der Waals surface area contributed by atoms with Gasteiger partial charge in [-0.3, -0.25) is 4.68 Å². The highest BCUT2D eigenvalue weighted by atomic mass is 35.5. The van der Waals surface area contributed by atoms with Gasteiger partial charge in [0.1, 0.15) is 11.6 Å². The lowest BCUT2D eigenvalue weighted by Gasteiger charge is -2.27. The molecule has 2 heterocycles. The molecule has 1 N–H and O–H groups in total. The van der Waals surface area contributed by atoms with Crippen LogP contribution in [0.3, 0.4) is 0 Å². The number of halogens is 2. The van der Waals surface area contributed by atoms with E-state index in [4.69, 9.17) is 16.7 Å². The van der Waals surface area contributed by atoms with Crippen molar-refractivity contribution >= 4 is 29.2 Å². The van der Waals surface area contributed by atoms with E-state index in [0.717, 1.165) is 23.6 Å². The van der Waals surface area contributed by atoms with Gasteiger partial charge >= 0.3 is 0 Å². The number of benzene rings is 1. The van der Waals surface area contributed by atoms with Crippen LogP contribution in [0.5, 0.6) is 0 Å². The van der Waals surface area contributed by atoms with Crippen LogP contribution in [-0.2, 0) is 7.05 Å². The smallest absolute Gasteiger partial charge is 0.129 e. The summed E-state index contributed by atoms with van der Waals surface area (Å²) in [6.07, 6.45) is 2.35. The van der Waals surface area contributed by atoms with E-state index in [-0.39, 0.29) is 15.8 Å². The van der Waals surface area contributed by atoms with Crippen LogP contribution in [-0.4, -0.2) is 21.1 Å². The Balaban J connectivity index is 1.90. The summed E-state index contributed by atoms with van der Waals surface area (Å²) in [6, 6.07) is 5.01. The molecule has 1 aromatic carbocycles. The average Bonchev–Trinajstić information content (AvgIpc) is 3.29. The largest absolute Gasteiger partial charge is 0.369 e. The van der Waals surface area contributed by atoms with Crippen LogP contribution in [0, 0.1) is 5.82 Å². The molecule has 1 unspecified atom stereocenters. The third kappa shape index (κ3) is 2.82. The zero-order chi connectivity index (χ0) is 17.1. The summed E-state index contributed by atoms with van der Waals surface area (Å²) in [6.45, 7) is 5.21. The second-order valence-corrected chi connectivity index (χ2v) is 9.57. The number of hydrogen-bond acceptors (Lipinski definition) is 3. The summed E-state index contributed by atoms with van der Waals surface area (Å²) in [5.41, 5.74) is 2.97. The molecule has 0 spiro atoms. The van der Waals surface area contributed by atoms with E-state index >= 15 is 0 Å². The fourth-order valence-corrected chi connectivity index (χ4v) is 4.96. The van der Waals surface area contributed by atoms with E-state index in [9.17, 15) is 4.39 Å². The van der Waals surface area contributed by atoms with Crippen molar-refractivity contribution in [3.05, 3.63) is 45.9 Å². The fraction of sp³-hybridized carbons (Fsp3) is 0.500. The zero-order valence-electron chi connectivity index (χ0n) is 14.1. The summed E-state index contributed by atoms with van der Waals surface area (Å²) in [7, 11) is 1.97. The molecule has 1 aliphatic carbocycles. The normalized spacial score (nSPS) is 22.6. The molecule has 24 heavy (non-hydrogen) atoms. The summed E-state index contributed by atoms with van der Waals surface area (Å²) < 4.78 is 16.6. The van der Waals surface area contributed by atoms with Crippen molar-refractivity contribution in [1.29, 1.82) is 0 Å². The van der Waals surface area contributed by atoms with Gasteiger partial charge in [0, 0.05) is 40.4 Å². The monoisotopic (exact) mass is 365 g/mol. The van der Waals surface area contributed by atoms with Crippen molar-refractivity contribution in [3.8, 4) is 0 Å². The Morgan fingerprint density at radius 1 is 1.38 bits per heavy atom. The van der Waals surface area contributed by atoms with Gasteiger partial charge in [-0.05, 0) is 38.8 Å². The number of anilines is 1. The first-order chi connectivity index (χ1) is 11.4. The molecule has 0 radical (unpaired) electrons. The van der Waals surface area contributed by atoms with Crippen molar-refractivity contribution in [1.82, 2.24) is 9.78 Å². The molecule has 6 heteroatoms. The molecule has 2 aromatic rings. The Bertz CT molecular complexity index is 798. The number of thioether (sulfide) groups is 1. The van der Waals surface area contributed by atoms with Crippen LogP contribution in [0.25, 0.3) is 0 Å². The number of rotatable bonds is 2. The van der Waals surface area contributed by atoms with Crippen LogP contribution in [0.15, 0.2) is 18.2 Å². The van der Waals surface area contributed by atoms with Gasteiger partial charge in [-0.25, -0.2) is 4.39 Å². The second kappa shape index (κ2) is 5.67. The second-order valence-electron chi connectivity index (χ2n) is 7.32. The third-order valence-electron chi connectivity index (χ3n) is 4.70. The summed E-state index contributed by atoms with van der Waals surface area (Å²) in [4.78, 5) is 0. The molecular formula is C18H21ClFN3S. The molecule has 2 aliphatic rings. The van der Waals surface area contributed by atoms with Crippen molar-refractivity contribution < 1.29 is 4.39 Å². The van der Waals surface area contributed by atoms with Crippen molar-refractivity contribution in [3.63, 3.8) is 0 Å². The van der Waals surface area contributed by atoms with Crippen molar-refractivity contribution in [2.24, 2.45) is 7.05 Å². The first-order valence-electron chi connectivity index (χ1n) is 8.29. The maximum Gasteiger partial charge on any atom is 0.129 e. The number of fused-ring (bicyclic) bond motifs is 1. The molecule has 0 amide bonds. The van der Waals surface area contributed by atoms with E-state index < -0.39 is 0 Å². The van der Waals surface area contributed by atoms with E-state index in [1.165, 1.54) is 18.9 Å². The predicted octanol–water partition coefficient (Wildman–Crippen LogP) is 5.12. The minimum Gasteiger partial charge on any atom is -0.369 e. The highest BCUT2D eigenvalue weighted by Crippen LogP contribution is 2.53. The van der Waals surface area contributed by atoms with Gasteiger partial charge in [0.25, 0.3) is 0 Å². The van der Waals surface area contributed by atoms with E-state index in [1.807, 2.05) is 17.8 Å². The number of nitrogens with one attached hydrogen (secondary N) is 1. The van der Waals surface area contributed by atoms with Gasteiger partial charge in [0.15, 0.2) is 0 Å². The molecular weight excluding hydrogens is 345 g/mol. The number of hydrogen-bond donors (Lipinski definition) is 1. The standard InChI is InChI=1S/C18H21ClFN3S/c1-18(2)9-21-17-14(15(10-4-5-10)22-23(17)3)16(24-18)12-7-6-11(19)8-13(12)20/h6-8,10,16,21H,4-5,9H2,1-3H3. The lowest BCUT2D eigenvalue weighted by molar-refractivity contribution is 0.612. The Labute approximate surface area is 151 Å². The van der Waals surface area contributed by atoms with Gasteiger partial charge in [0.2, 0.25) is 0 Å². The lowest BCUT2D eigenvalue weighted by atomic mass is 10.0. The van der Waals surface area contributed by atoms with Crippen molar-refractivity contribution in [2.75, 3.05) is 11.9 Å². The van der Waals surface area contributed by atoms with Crippen molar-refractivity contribution in [2.45, 2.75) is 42.6 Å². The average molecular weight is 366 g/mol. The topological polar surface area (TPSA) is 29.9 Å². The Hall–Kier alpha value is -1.20. The van der Waals surface area contributed by atoms with Gasteiger partial charge < -0.3 is 5.32 Å². The molecule has 4 rings (SSSR count). The molecule has 3 nitrogen and oxygen atoms in total. The summed E-state index contributed by atoms with van der Waals surface area (Å²) in [5, 5.41) is 8.66. The highest BCUT2D eigenvalue weighted by molar-refractivity contribution is 8.01. The summed E-state index contributed by atoms with van der Waals surface area (Å²) >= 11 is 7.76. The first kappa shape index (κ1) is 16.3. The molecule has 1 aromatic heterocycles. The quantitative estimate of drug-likeness (QED) is 0.801. The predicted molar refractivity (Wildman–Crippen MR) is 98.6 cm³/mol. The summed E-state index contributed by atoms with van der Waals surface area (Å²) in [5.74, 6) is 1.30. The maximum atomic E-state index is 14.7. The third-order valence-corrected chi connectivity index (χ3v) is 6.44. The zero-order valence-corrected chi connectivity index (χ0v) is 15.6. The molecule has 0 bridgehead atoms. The van der Waals surface area contributed by atoms with Gasteiger partial charge in [-0.2, -0.15) is 5.10 Å². The van der Waals surface area contributed by atoms with Gasteiger partial charge in [-0.15, -0.1) is 11.8 Å². The van der Waals surface area contributed by atoms with Crippen LogP contribution in [0.1, 0.15) is 54.7 Å². The van der Waals surface area contributed by atoms with E-state index in [1.54, 1.807) is 17.8 Å². The molecule has 1 atom stereocenters. The molecule has 1 fully saturated rings. The first-order valence-corrected chi connectivity index (χ1v) is 9.55. The molecule has 1 aliphatic heterocycles. The highest BCUT2D eigenvalue weighted by Gasteiger charge is 2.40. The van der Waals surface area contributed by atoms with Crippen LogP contribution in [0.2, 0.25) is 5.02 Å². The van der Waals surface area contributed by atoms with Crippen LogP contribution < -0.4 is 5.32 Å². The minimum absolute atomic E-state index is 0.0173. The number of aryl methyl sites for hydroxylation is 1.